The number of aliphatic hydroxyl groups is 1. The lowest BCUT2D eigenvalue weighted by Crippen LogP contribution is -2.55. The minimum absolute atomic E-state index is 0.270. The zero-order valence-electron chi connectivity index (χ0n) is 17.3. The zero-order chi connectivity index (χ0) is 21.9. The number of ketones is 1. The molecule has 9 nitrogen and oxygen atoms in total. The third-order valence-electron chi connectivity index (χ3n) is 5.25. The average Bonchev–Trinajstić information content (AvgIpc) is 2.70. The van der Waals surface area contributed by atoms with Gasteiger partial charge in [-0.15, -0.1) is 0 Å². The van der Waals surface area contributed by atoms with Crippen molar-refractivity contribution in [3.63, 3.8) is 0 Å². The molecule has 0 radical (unpaired) electrons. The van der Waals surface area contributed by atoms with E-state index >= 15 is 0 Å². The van der Waals surface area contributed by atoms with Crippen molar-refractivity contribution in [1.29, 1.82) is 0 Å². The normalized spacial score (nSPS) is 26.4. The standard InChI is InChI=1S/C20H26O9/c1-20(24)9-11(21)15(18(22)28-5)14(16(20)19(23)29-6)10-7-12(25-2)17(27-4)13(8-10)26-3/h7-8,14-16,24H,9H2,1-6H3/t14-,15+,16-,20+/m1/s1. The van der Waals surface area contributed by atoms with E-state index < -0.39 is 47.5 Å². The lowest BCUT2D eigenvalue weighted by molar-refractivity contribution is -0.170. The van der Waals surface area contributed by atoms with Gasteiger partial charge in [0, 0.05) is 12.3 Å². The van der Waals surface area contributed by atoms with Crippen LogP contribution in [0.2, 0.25) is 0 Å². The van der Waals surface area contributed by atoms with Gasteiger partial charge in [-0.25, -0.2) is 0 Å². The van der Waals surface area contributed by atoms with Crippen LogP contribution in [0.4, 0.5) is 0 Å². The number of esters is 2. The fourth-order valence-electron chi connectivity index (χ4n) is 3.96. The highest BCUT2D eigenvalue weighted by atomic mass is 16.5. The Morgan fingerprint density at radius 2 is 1.48 bits per heavy atom. The molecular formula is C20H26O9. The van der Waals surface area contributed by atoms with Gasteiger partial charge in [0.2, 0.25) is 5.75 Å². The van der Waals surface area contributed by atoms with Crippen LogP contribution in [0.5, 0.6) is 17.2 Å². The molecule has 0 spiro atoms. The number of carbonyl (C=O) groups excluding carboxylic acids is 3. The first-order chi connectivity index (χ1) is 13.7. The van der Waals surface area contributed by atoms with E-state index in [1.54, 1.807) is 0 Å². The minimum Gasteiger partial charge on any atom is -0.493 e. The predicted octanol–water partition coefficient (Wildman–Crippen LogP) is 1.10. The van der Waals surface area contributed by atoms with Crippen LogP contribution in [0.15, 0.2) is 12.1 Å². The Kier molecular flexibility index (Phi) is 6.73. The van der Waals surface area contributed by atoms with Gasteiger partial charge in [0.1, 0.15) is 5.92 Å². The van der Waals surface area contributed by atoms with Crippen LogP contribution >= 0.6 is 0 Å². The molecule has 0 aromatic heterocycles. The molecule has 1 fully saturated rings. The van der Waals surface area contributed by atoms with Crippen molar-refractivity contribution >= 4 is 17.7 Å². The Balaban J connectivity index is 2.80. The highest BCUT2D eigenvalue weighted by Gasteiger charge is 2.57. The van der Waals surface area contributed by atoms with Crippen LogP contribution in [0, 0.1) is 11.8 Å². The number of benzene rings is 1. The largest absolute Gasteiger partial charge is 0.493 e. The fourth-order valence-corrected chi connectivity index (χ4v) is 3.96. The van der Waals surface area contributed by atoms with E-state index in [0.717, 1.165) is 7.11 Å². The second-order valence-corrected chi connectivity index (χ2v) is 6.99. The zero-order valence-corrected chi connectivity index (χ0v) is 17.3. The number of hydrogen-bond acceptors (Lipinski definition) is 9. The van der Waals surface area contributed by atoms with Gasteiger partial charge in [0.25, 0.3) is 0 Å². The van der Waals surface area contributed by atoms with Crippen LogP contribution < -0.4 is 14.2 Å². The summed E-state index contributed by atoms with van der Waals surface area (Å²) < 4.78 is 25.7. The van der Waals surface area contributed by atoms with E-state index in [-0.39, 0.29) is 11.5 Å². The highest BCUT2D eigenvalue weighted by molar-refractivity contribution is 6.02. The summed E-state index contributed by atoms with van der Waals surface area (Å²) >= 11 is 0. The molecule has 1 aliphatic carbocycles. The molecule has 0 aliphatic heterocycles. The second-order valence-electron chi connectivity index (χ2n) is 6.99. The summed E-state index contributed by atoms with van der Waals surface area (Å²) in [5, 5.41) is 10.9. The van der Waals surface area contributed by atoms with E-state index in [4.69, 9.17) is 23.7 Å². The van der Waals surface area contributed by atoms with Gasteiger partial charge in [0.15, 0.2) is 17.3 Å². The lowest BCUT2D eigenvalue weighted by atomic mass is 9.61. The Labute approximate surface area is 168 Å². The van der Waals surface area contributed by atoms with Gasteiger partial charge in [-0.05, 0) is 24.6 Å². The predicted molar refractivity (Wildman–Crippen MR) is 100 cm³/mol. The summed E-state index contributed by atoms with van der Waals surface area (Å²) in [7, 11) is 6.59. The number of carbonyl (C=O) groups is 3. The molecular weight excluding hydrogens is 384 g/mol. The number of ether oxygens (including phenoxy) is 5. The smallest absolute Gasteiger partial charge is 0.316 e. The molecule has 9 heteroatoms. The van der Waals surface area contributed by atoms with Crippen molar-refractivity contribution in [2.75, 3.05) is 35.5 Å². The molecule has 1 N–H and O–H groups in total. The van der Waals surface area contributed by atoms with Crippen LogP contribution in [0.3, 0.4) is 0 Å². The Hall–Kier alpha value is -2.81. The molecule has 1 aromatic rings. The van der Waals surface area contributed by atoms with Crippen LogP contribution in [-0.4, -0.2) is 64.0 Å². The summed E-state index contributed by atoms with van der Waals surface area (Å²) in [5.74, 6) is -4.85. The lowest BCUT2D eigenvalue weighted by Gasteiger charge is -2.43. The molecule has 4 atom stereocenters. The molecule has 2 rings (SSSR count). The third-order valence-corrected chi connectivity index (χ3v) is 5.25. The number of methoxy groups -OCH3 is 5. The topological polar surface area (TPSA) is 118 Å². The molecule has 0 saturated heterocycles. The van der Waals surface area contributed by atoms with Gasteiger partial charge >= 0.3 is 11.9 Å². The summed E-state index contributed by atoms with van der Waals surface area (Å²) in [6.45, 7) is 1.37. The summed E-state index contributed by atoms with van der Waals surface area (Å²) in [5.41, 5.74) is -1.38. The maximum Gasteiger partial charge on any atom is 0.316 e. The van der Waals surface area contributed by atoms with E-state index in [2.05, 4.69) is 0 Å². The first-order valence-corrected chi connectivity index (χ1v) is 8.87. The number of hydrogen-bond donors (Lipinski definition) is 1. The third kappa shape index (κ3) is 4.00. The van der Waals surface area contributed by atoms with Crippen molar-refractivity contribution in [3.8, 4) is 17.2 Å². The Morgan fingerprint density at radius 3 is 1.90 bits per heavy atom. The molecule has 160 valence electrons. The van der Waals surface area contributed by atoms with Gasteiger partial charge in [-0.3, -0.25) is 14.4 Å². The van der Waals surface area contributed by atoms with Crippen LogP contribution in [-0.2, 0) is 23.9 Å². The highest BCUT2D eigenvalue weighted by Crippen LogP contribution is 2.49. The SMILES string of the molecule is COC(=O)[C@H]1C(=O)C[C@](C)(O)[C@@H](C(=O)OC)[C@@H]1c1cc(OC)c(OC)c(OC)c1. The number of Topliss-reactive ketones (excluding diaryl/α,β-unsaturated/α-hetero) is 1. The fraction of sp³-hybridized carbons (Fsp3) is 0.550. The molecule has 0 bridgehead atoms. The Bertz CT molecular complexity index is 774. The quantitative estimate of drug-likeness (QED) is 0.543. The van der Waals surface area contributed by atoms with Gasteiger partial charge < -0.3 is 28.8 Å². The van der Waals surface area contributed by atoms with Crippen molar-refractivity contribution < 1.29 is 43.2 Å². The molecule has 29 heavy (non-hydrogen) atoms. The van der Waals surface area contributed by atoms with Gasteiger partial charge in [-0.2, -0.15) is 0 Å². The first kappa shape index (κ1) is 22.5. The van der Waals surface area contributed by atoms with Gasteiger partial charge in [-0.1, -0.05) is 0 Å². The van der Waals surface area contributed by atoms with Crippen LogP contribution in [0.25, 0.3) is 0 Å². The minimum atomic E-state index is -1.74. The monoisotopic (exact) mass is 410 g/mol. The van der Waals surface area contributed by atoms with Crippen molar-refractivity contribution in [3.05, 3.63) is 17.7 Å². The van der Waals surface area contributed by atoms with E-state index in [0.29, 0.717) is 11.3 Å². The maximum absolute atomic E-state index is 12.8. The molecule has 0 amide bonds. The first-order valence-electron chi connectivity index (χ1n) is 8.87. The van der Waals surface area contributed by atoms with Crippen molar-refractivity contribution in [2.45, 2.75) is 24.9 Å². The average molecular weight is 410 g/mol. The van der Waals surface area contributed by atoms with Crippen molar-refractivity contribution in [1.82, 2.24) is 0 Å². The Morgan fingerprint density at radius 1 is 0.966 bits per heavy atom. The summed E-state index contributed by atoms with van der Waals surface area (Å²) in [4.78, 5) is 37.9. The van der Waals surface area contributed by atoms with E-state index in [9.17, 15) is 19.5 Å². The van der Waals surface area contributed by atoms with Gasteiger partial charge in [0.05, 0.1) is 47.1 Å². The van der Waals surface area contributed by atoms with Crippen LogP contribution in [0.1, 0.15) is 24.8 Å². The molecule has 1 saturated carbocycles. The molecule has 0 unspecified atom stereocenters. The summed E-state index contributed by atoms with van der Waals surface area (Å²) in [6.07, 6.45) is -0.395. The van der Waals surface area contributed by atoms with E-state index in [1.165, 1.54) is 47.5 Å². The molecule has 0 heterocycles. The second kappa shape index (κ2) is 8.69. The number of rotatable bonds is 6. The van der Waals surface area contributed by atoms with E-state index in [1.807, 2.05) is 0 Å². The van der Waals surface area contributed by atoms with Crippen molar-refractivity contribution in [2.24, 2.45) is 11.8 Å². The maximum atomic E-state index is 12.8. The summed E-state index contributed by atoms with van der Waals surface area (Å²) in [6, 6.07) is 3.07. The molecule has 1 aliphatic rings. The molecule has 1 aromatic carbocycles.